The van der Waals surface area contributed by atoms with Crippen molar-refractivity contribution in [2.45, 2.75) is 44.6 Å². The van der Waals surface area contributed by atoms with Gasteiger partial charge in [-0.2, -0.15) is 0 Å². The molecule has 2 aliphatic heterocycles. The molecule has 3 N–H and O–H groups in total. The average Bonchev–Trinajstić information content (AvgIpc) is 3.44. The molecule has 3 fully saturated rings. The number of nitrogens with zero attached hydrogens (tertiary/aromatic N) is 4. The third kappa shape index (κ3) is 3.89. The van der Waals surface area contributed by atoms with Crippen LogP contribution in [-0.2, 0) is 4.79 Å². The molecule has 1 aromatic heterocycles. The van der Waals surface area contributed by atoms with Crippen molar-refractivity contribution in [1.82, 2.24) is 14.9 Å². The molecular formula is C24H30N6O2. The van der Waals surface area contributed by atoms with Crippen molar-refractivity contribution in [2.75, 3.05) is 37.3 Å². The van der Waals surface area contributed by atoms with Crippen molar-refractivity contribution < 1.29 is 9.53 Å². The number of rotatable bonds is 5. The Morgan fingerprint density at radius 3 is 2.56 bits per heavy atom. The number of ether oxygens (including phenoxy) is 1. The van der Waals surface area contributed by atoms with Crippen LogP contribution in [-0.4, -0.2) is 58.8 Å². The maximum atomic E-state index is 12.0. The molecule has 3 heterocycles. The maximum Gasteiger partial charge on any atom is 0.222 e. The molecule has 168 valence electrons. The van der Waals surface area contributed by atoms with Crippen molar-refractivity contribution in [2.24, 2.45) is 5.41 Å². The molecule has 8 heteroatoms. The number of likely N-dealkylation sites (tertiary alicyclic amines) is 1. The number of nitrogen functional groups attached to an aromatic ring is 1. The highest BCUT2D eigenvalue weighted by Gasteiger charge is 2.43. The standard InChI is InChI=1S/C24H30N6O2/c1-23(5-6-23)32-16-3-4-18(25)17(11-16)22(26)19-12-20(28-15-27-19)30-9-7-24(8-10-30)13-21(31)29(2)14-24/h3-4,11-12,15,26H,5-10,13-14,25H2,1-2H3. The molecule has 0 radical (unpaired) electrons. The second kappa shape index (κ2) is 7.46. The second-order valence-corrected chi connectivity index (χ2v) is 9.85. The first-order chi connectivity index (χ1) is 15.3. The van der Waals surface area contributed by atoms with E-state index in [1.807, 2.05) is 30.1 Å². The molecule has 3 aliphatic rings. The maximum absolute atomic E-state index is 12.0. The molecule has 1 aromatic carbocycles. The van der Waals surface area contributed by atoms with Gasteiger partial charge in [0, 0.05) is 55.8 Å². The lowest BCUT2D eigenvalue weighted by molar-refractivity contribution is -0.126. The first kappa shape index (κ1) is 20.7. The summed E-state index contributed by atoms with van der Waals surface area (Å²) in [5, 5.41) is 8.75. The number of piperidine rings is 1. The van der Waals surface area contributed by atoms with Crippen LogP contribution in [0.3, 0.4) is 0 Å². The van der Waals surface area contributed by atoms with E-state index in [0.717, 1.165) is 56.9 Å². The molecule has 1 spiro atoms. The average molecular weight is 435 g/mol. The largest absolute Gasteiger partial charge is 0.488 e. The molecule has 1 saturated carbocycles. The number of carbonyl (C=O) groups is 1. The molecule has 2 saturated heterocycles. The number of carbonyl (C=O) groups excluding carboxylic acids is 1. The van der Waals surface area contributed by atoms with Gasteiger partial charge in [-0.3, -0.25) is 10.2 Å². The summed E-state index contributed by atoms with van der Waals surface area (Å²) < 4.78 is 6.05. The van der Waals surface area contributed by atoms with Gasteiger partial charge in [0.15, 0.2) is 0 Å². The van der Waals surface area contributed by atoms with E-state index in [1.165, 1.54) is 6.33 Å². The first-order valence-electron chi connectivity index (χ1n) is 11.2. The third-order valence-corrected chi connectivity index (χ3v) is 7.19. The zero-order valence-electron chi connectivity index (χ0n) is 18.7. The highest BCUT2D eigenvalue weighted by atomic mass is 16.5. The summed E-state index contributed by atoms with van der Waals surface area (Å²) in [7, 11) is 1.89. The fraction of sp³-hybridized carbons (Fsp3) is 0.500. The van der Waals surface area contributed by atoms with Crippen LogP contribution in [0.4, 0.5) is 11.5 Å². The summed E-state index contributed by atoms with van der Waals surface area (Å²) in [6.45, 7) is 4.62. The lowest BCUT2D eigenvalue weighted by Gasteiger charge is -2.39. The third-order valence-electron chi connectivity index (χ3n) is 7.19. The number of nitrogens with one attached hydrogen (secondary N) is 1. The Morgan fingerprint density at radius 2 is 1.91 bits per heavy atom. The Kier molecular flexibility index (Phi) is 4.83. The number of aromatic nitrogens is 2. The van der Waals surface area contributed by atoms with Crippen LogP contribution in [0.15, 0.2) is 30.6 Å². The van der Waals surface area contributed by atoms with Crippen molar-refractivity contribution in [3.05, 3.63) is 41.9 Å². The smallest absolute Gasteiger partial charge is 0.222 e. The SMILES string of the molecule is CN1CC2(CCN(c3cc(C(=N)c4cc(OC5(C)CC5)ccc4N)ncn3)CC2)CC1=O. The van der Waals surface area contributed by atoms with Crippen LogP contribution >= 0.6 is 0 Å². The van der Waals surface area contributed by atoms with E-state index in [2.05, 4.69) is 21.8 Å². The number of hydrogen-bond donors (Lipinski definition) is 2. The summed E-state index contributed by atoms with van der Waals surface area (Å²) in [4.78, 5) is 24.9. The molecule has 0 bridgehead atoms. The van der Waals surface area contributed by atoms with Gasteiger partial charge in [0.2, 0.25) is 5.91 Å². The fourth-order valence-corrected chi connectivity index (χ4v) is 4.82. The normalized spacial score (nSPS) is 21.1. The summed E-state index contributed by atoms with van der Waals surface area (Å²) in [6, 6.07) is 7.34. The van der Waals surface area contributed by atoms with Crippen molar-refractivity contribution in [3.8, 4) is 5.75 Å². The lowest BCUT2D eigenvalue weighted by atomic mass is 9.77. The van der Waals surface area contributed by atoms with Crippen molar-refractivity contribution in [3.63, 3.8) is 0 Å². The summed E-state index contributed by atoms with van der Waals surface area (Å²) in [5.74, 6) is 1.78. The van der Waals surface area contributed by atoms with Crippen molar-refractivity contribution in [1.29, 1.82) is 5.41 Å². The molecule has 8 nitrogen and oxygen atoms in total. The Labute approximate surface area is 188 Å². The predicted molar refractivity (Wildman–Crippen MR) is 123 cm³/mol. The van der Waals surface area contributed by atoms with E-state index in [-0.39, 0.29) is 22.6 Å². The first-order valence-corrected chi connectivity index (χ1v) is 11.2. The molecule has 1 amide bonds. The topological polar surface area (TPSA) is 108 Å². The van der Waals surface area contributed by atoms with Gasteiger partial charge in [0.1, 0.15) is 23.5 Å². The van der Waals surface area contributed by atoms with Gasteiger partial charge in [-0.1, -0.05) is 0 Å². The van der Waals surface area contributed by atoms with Gasteiger partial charge < -0.3 is 20.3 Å². The van der Waals surface area contributed by atoms with E-state index in [1.54, 1.807) is 6.07 Å². The number of amides is 1. The monoisotopic (exact) mass is 434 g/mol. The highest BCUT2D eigenvalue weighted by Crippen LogP contribution is 2.42. The highest BCUT2D eigenvalue weighted by molar-refractivity contribution is 6.13. The quantitative estimate of drug-likeness (QED) is 0.553. The van der Waals surface area contributed by atoms with Crippen LogP contribution in [0.25, 0.3) is 0 Å². The molecule has 1 aliphatic carbocycles. The molecule has 0 unspecified atom stereocenters. The molecule has 32 heavy (non-hydrogen) atoms. The molecular weight excluding hydrogens is 404 g/mol. The van der Waals surface area contributed by atoms with Crippen LogP contribution in [0.5, 0.6) is 5.75 Å². The van der Waals surface area contributed by atoms with Gasteiger partial charge in [-0.05, 0) is 50.8 Å². The van der Waals surface area contributed by atoms with Crippen LogP contribution in [0, 0.1) is 10.8 Å². The van der Waals surface area contributed by atoms with E-state index >= 15 is 0 Å². The predicted octanol–water partition coefficient (Wildman–Crippen LogP) is 2.85. The number of benzene rings is 1. The van der Waals surface area contributed by atoms with E-state index in [0.29, 0.717) is 23.4 Å². The molecule has 2 aromatic rings. The fourth-order valence-electron chi connectivity index (χ4n) is 4.82. The van der Waals surface area contributed by atoms with Crippen LogP contribution < -0.4 is 15.4 Å². The zero-order chi connectivity index (χ0) is 22.5. The number of nitrogens with two attached hydrogens (primary N) is 1. The summed E-state index contributed by atoms with van der Waals surface area (Å²) in [6.07, 6.45) is 6.17. The number of anilines is 2. The van der Waals surface area contributed by atoms with Gasteiger partial charge in [-0.25, -0.2) is 9.97 Å². The molecule has 5 rings (SSSR count). The Balaban J connectivity index is 1.32. The zero-order valence-corrected chi connectivity index (χ0v) is 18.7. The number of hydrogen-bond acceptors (Lipinski definition) is 7. The van der Waals surface area contributed by atoms with Gasteiger partial charge in [0.05, 0.1) is 11.4 Å². The van der Waals surface area contributed by atoms with Gasteiger partial charge >= 0.3 is 0 Å². The Hall–Kier alpha value is -3.16. The summed E-state index contributed by atoms with van der Waals surface area (Å²) in [5.41, 5.74) is 8.13. The Bertz CT molecular complexity index is 1070. The molecule has 0 atom stereocenters. The minimum atomic E-state index is -0.0952. The summed E-state index contributed by atoms with van der Waals surface area (Å²) >= 11 is 0. The lowest BCUT2D eigenvalue weighted by Crippen LogP contribution is -2.41. The minimum Gasteiger partial charge on any atom is -0.488 e. The van der Waals surface area contributed by atoms with E-state index in [9.17, 15) is 4.79 Å². The van der Waals surface area contributed by atoms with E-state index < -0.39 is 0 Å². The van der Waals surface area contributed by atoms with E-state index in [4.69, 9.17) is 15.9 Å². The Morgan fingerprint density at radius 1 is 1.16 bits per heavy atom. The van der Waals surface area contributed by atoms with Gasteiger partial charge in [0.25, 0.3) is 0 Å². The minimum absolute atomic E-state index is 0.0952. The van der Waals surface area contributed by atoms with Crippen LogP contribution in [0.1, 0.15) is 50.3 Å². The van der Waals surface area contributed by atoms with Crippen LogP contribution in [0.2, 0.25) is 0 Å². The van der Waals surface area contributed by atoms with Gasteiger partial charge in [-0.15, -0.1) is 0 Å². The van der Waals surface area contributed by atoms with Crippen molar-refractivity contribution >= 4 is 23.1 Å². The second-order valence-electron chi connectivity index (χ2n) is 9.85.